The first-order valence-corrected chi connectivity index (χ1v) is 10.3. The van der Waals surface area contributed by atoms with Gasteiger partial charge >= 0.3 is 0 Å². The van der Waals surface area contributed by atoms with Crippen LogP contribution < -0.4 is 4.72 Å². The summed E-state index contributed by atoms with van der Waals surface area (Å²) in [7, 11) is 0. The van der Waals surface area contributed by atoms with Crippen LogP contribution in [0.2, 0.25) is 0 Å². The summed E-state index contributed by atoms with van der Waals surface area (Å²) in [5.74, 6) is 0.647. The first-order valence-electron chi connectivity index (χ1n) is 7.38. The number of rotatable bonds is 5. The van der Waals surface area contributed by atoms with Crippen LogP contribution in [0, 0.1) is 5.92 Å². The van der Waals surface area contributed by atoms with Crippen LogP contribution in [0.1, 0.15) is 31.4 Å². The molecule has 1 saturated heterocycles. The lowest BCUT2D eigenvalue weighted by atomic mass is 9.84. The fourth-order valence-electron chi connectivity index (χ4n) is 3.15. The number of amides is 1. The predicted molar refractivity (Wildman–Crippen MR) is 91.4 cm³/mol. The fourth-order valence-corrected chi connectivity index (χ4v) is 4.79. The van der Waals surface area contributed by atoms with Crippen LogP contribution in [0.4, 0.5) is 0 Å². The van der Waals surface area contributed by atoms with E-state index >= 15 is 0 Å². The summed E-state index contributed by atoms with van der Waals surface area (Å²) in [6.45, 7) is 0.879. The summed E-state index contributed by atoms with van der Waals surface area (Å²) in [6, 6.07) is 0.601. The average Bonchev–Trinajstić information content (AvgIpc) is 2.96. The van der Waals surface area contributed by atoms with Crippen LogP contribution in [0.15, 0.2) is 9.30 Å². The van der Waals surface area contributed by atoms with Crippen molar-refractivity contribution in [1.29, 1.82) is 0 Å². The van der Waals surface area contributed by atoms with Crippen molar-refractivity contribution in [3.63, 3.8) is 0 Å². The fraction of sp³-hybridized carbons (Fsp3) is 0.714. The lowest BCUT2D eigenvalue weighted by Gasteiger charge is -2.34. The van der Waals surface area contributed by atoms with Crippen LogP contribution in [-0.4, -0.2) is 40.7 Å². The van der Waals surface area contributed by atoms with Crippen LogP contribution in [0.25, 0.3) is 0 Å². The molecule has 1 aliphatic carbocycles. The van der Waals surface area contributed by atoms with Crippen molar-refractivity contribution < 1.29 is 4.79 Å². The Kier molecular flexibility index (Phi) is 5.24. The molecule has 0 bridgehead atoms. The van der Waals surface area contributed by atoms with Gasteiger partial charge in [-0.15, -0.1) is 11.3 Å². The minimum Gasteiger partial charge on any atom is -0.337 e. The third kappa shape index (κ3) is 3.46. The van der Waals surface area contributed by atoms with E-state index in [1.54, 1.807) is 23.3 Å². The molecule has 116 valence electrons. The Morgan fingerprint density at radius 1 is 1.57 bits per heavy atom. The Labute approximate surface area is 142 Å². The Morgan fingerprint density at radius 3 is 2.95 bits per heavy atom. The largest absolute Gasteiger partial charge is 0.337 e. The van der Waals surface area contributed by atoms with E-state index in [2.05, 4.69) is 35.9 Å². The minimum absolute atomic E-state index is 0.236. The van der Waals surface area contributed by atoms with Gasteiger partial charge in [0.1, 0.15) is 0 Å². The molecule has 1 N–H and O–H groups in total. The minimum atomic E-state index is 0.236. The molecule has 1 saturated carbocycles. The summed E-state index contributed by atoms with van der Waals surface area (Å²) >= 11 is 6.68. The maximum absolute atomic E-state index is 12.6. The molecular formula is C14H20BrN3OS2. The van der Waals surface area contributed by atoms with E-state index in [0.29, 0.717) is 11.9 Å². The van der Waals surface area contributed by atoms with Crippen molar-refractivity contribution in [3.8, 4) is 0 Å². The molecule has 21 heavy (non-hydrogen) atoms. The predicted octanol–water partition coefficient (Wildman–Crippen LogP) is 3.09. The summed E-state index contributed by atoms with van der Waals surface area (Å²) in [5, 5.41) is 2.09. The number of hydrogen-bond acceptors (Lipinski definition) is 5. The van der Waals surface area contributed by atoms with E-state index in [9.17, 15) is 4.79 Å². The van der Waals surface area contributed by atoms with Crippen molar-refractivity contribution >= 4 is 45.1 Å². The molecule has 2 fully saturated rings. The summed E-state index contributed by atoms with van der Waals surface area (Å²) in [5.41, 5.74) is 1.08. The van der Waals surface area contributed by atoms with Crippen molar-refractivity contribution in [2.75, 3.05) is 12.8 Å². The summed E-state index contributed by atoms with van der Waals surface area (Å²) in [6.07, 6.45) is 7.29. The summed E-state index contributed by atoms with van der Waals surface area (Å²) in [4.78, 5) is 19.3. The van der Waals surface area contributed by atoms with Crippen molar-refractivity contribution in [1.82, 2.24) is 14.6 Å². The molecule has 1 aromatic heterocycles. The molecular weight excluding hydrogens is 370 g/mol. The molecule has 2 aliphatic rings. The van der Waals surface area contributed by atoms with Gasteiger partial charge in [-0.1, -0.05) is 18.4 Å². The van der Waals surface area contributed by atoms with Crippen molar-refractivity contribution in [3.05, 3.63) is 15.0 Å². The summed E-state index contributed by atoms with van der Waals surface area (Å²) < 4.78 is 4.39. The number of thiazole rings is 1. The highest BCUT2D eigenvalue weighted by Gasteiger charge is 2.40. The standard InChI is InChI=1S/C14H20BrN3OS2/c1-20-17-11-5-6-18(13(19)9-3-2-4-9)12(11)7-10-8-21-14(15)16-10/h8-9,11-12,17H,2-7H2,1H3. The van der Waals surface area contributed by atoms with E-state index in [0.717, 1.165) is 41.8 Å². The molecule has 1 amide bonds. The highest BCUT2D eigenvalue weighted by Crippen LogP contribution is 2.32. The Balaban J connectivity index is 1.73. The molecule has 2 unspecified atom stereocenters. The average molecular weight is 390 g/mol. The smallest absolute Gasteiger partial charge is 0.225 e. The maximum atomic E-state index is 12.6. The van der Waals surface area contributed by atoms with Gasteiger partial charge in [-0.05, 0) is 41.4 Å². The third-order valence-corrected chi connectivity index (χ3v) is 6.45. The second-order valence-electron chi connectivity index (χ2n) is 5.74. The molecule has 0 aromatic carbocycles. The molecule has 7 heteroatoms. The third-order valence-electron chi connectivity index (χ3n) is 4.49. The van der Waals surface area contributed by atoms with E-state index in [-0.39, 0.29) is 12.0 Å². The second kappa shape index (κ2) is 6.98. The van der Waals surface area contributed by atoms with Gasteiger partial charge < -0.3 is 4.90 Å². The molecule has 0 spiro atoms. The number of aromatic nitrogens is 1. The number of carbonyl (C=O) groups is 1. The monoisotopic (exact) mass is 389 g/mol. The van der Waals surface area contributed by atoms with Gasteiger partial charge in [-0.2, -0.15) is 0 Å². The Morgan fingerprint density at radius 2 is 2.38 bits per heavy atom. The highest BCUT2D eigenvalue weighted by atomic mass is 79.9. The normalized spacial score (nSPS) is 26.1. The van der Waals surface area contributed by atoms with Gasteiger partial charge in [0.2, 0.25) is 5.91 Å². The molecule has 2 atom stereocenters. The van der Waals surface area contributed by atoms with Gasteiger partial charge in [0.15, 0.2) is 3.92 Å². The second-order valence-corrected chi connectivity index (χ2v) is 8.52. The van der Waals surface area contributed by atoms with Crippen LogP contribution in [-0.2, 0) is 11.2 Å². The van der Waals surface area contributed by atoms with E-state index < -0.39 is 0 Å². The first-order chi connectivity index (χ1) is 10.2. The molecule has 1 aromatic rings. The quantitative estimate of drug-likeness (QED) is 0.785. The zero-order chi connectivity index (χ0) is 14.8. The first kappa shape index (κ1) is 15.8. The van der Waals surface area contributed by atoms with Crippen molar-refractivity contribution in [2.24, 2.45) is 5.92 Å². The number of nitrogens with zero attached hydrogens (tertiary/aromatic N) is 2. The lowest BCUT2D eigenvalue weighted by Crippen LogP contribution is -2.47. The van der Waals surface area contributed by atoms with Gasteiger partial charge in [-0.25, -0.2) is 4.98 Å². The van der Waals surface area contributed by atoms with Gasteiger partial charge in [0, 0.05) is 30.3 Å². The zero-order valence-corrected chi connectivity index (χ0v) is 15.3. The van der Waals surface area contributed by atoms with Gasteiger partial charge in [0.05, 0.1) is 11.7 Å². The number of carbonyl (C=O) groups excluding carboxylic acids is 1. The lowest BCUT2D eigenvalue weighted by molar-refractivity contribution is -0.139. The van der Waals surface area contributed by atoms with Crippen LogP contribution >= 0.6 is 39.2 Å². The highest BCUT2D eigenvalue weighted by molar-refractivity contribution is 9.11. The van der Waals surface area contributed by atoms with E-state index in [1.165, 1.54) is 6.42 Å². The molecule has 3 rings (SSSR count). The zero-order valence-electron chi connectivity index (χ0n) is 12.0. The molecule has 1 aliphatic heterocycles. The topological polar surface area (TPSA) is 45.2 Å². The molecule has 2 heterocycles. The van der Waals surface area contributed by atoms with E-state index in [1.807, 2.05) is 6.26 Å². The number of likely N-dealkylation sites (tertiary alicyclic amines) is 1. The van der Waals surface area contributed by atoms with Crippen molar-refractivity contribution in [2.45, 2.75) is 44.2 Å². The Bertz CT molecular complexity index is 506. The van der Waals surface area contributed by atoms with Crippen LogP contribution in [0.5, 0.6) is 0 Å². The molecule has 4 nitrogen and oxygen atoms in total. The Hall–Kier alpha value is -0.110. The van der Waals surface area contributed by atoms with E-state index in [4.69, 9.17) is 0 Å². The maximum Gasteiger partial charge on any atom is 0.225 e. The number of hydrogen-bond donors (Lipinski definition) is 1. The number of halogens is 1. The SMILES string of the molecule is CSNC1CCN(C(=O)C2CCC2)C1Cc1csc(Br)n1. The van der Waals surface area contributed by atoms with Gasteiger partial charge in [0.25, 0.3) is 0 Å². The van der Waals surface area contributed by atoms with Gasteiger partial charge in [-0.3, -0.25) is 9.52 Å². The molecule has 0 radical (unpaired) electrons. The van der Waals surface area contributed by atoms with Crippen LogP contribution in [0.3, 0.4) is 0 Å². The number of nitrogens with one attached hydrogen (secondary N) is 1.